The number of amides is 1. The van der Waals surface area contributed by atoms with E-state index in [2.05, 4.69) is 5.32 Å². The molecular formula is C12H14ClFN2O. The van der Waals surface area contributed by atoms with Crippen LogP contribution in [0.5, 0.6) is 0 Å². The van der Waals surface area contributed by atoms with Crippen LogP contribution >= 0.6 is 11.6 Å². The second-order valence-corrected chi connectivity index (χ2v) is 4.68. The molecule has 0 aromatic heterocycles. The molecule has 92 valence electrons. The van der Waals surface area contributed by atoms with E-state index in [4.69, 9.17) is 17.3 Å². The summed E-state index contributed by atoms with van der Waals surface area (Å²) in [6, 6.07) is 4.04. The summed E-state index contributed by atoms with van der Waals surface area (Å²) >= 11 is 5.81. The Morgan fingerprint density at radius 3 is 2.82 bits per heavy atom. The maximum atomic E-state index is 13.5. The number of nitrogens with one attached hydrogen (secondary N) is 1. The lowest BCUT2D eigenvalue weighted by atomic mass is 10.1. The first-order valence-electron chi connectivity index (χ1n) is 5.60. The fourth-order valence-corrected chi connectivity index (χ4v) is 2.37. The zero-order valence-electron chi connectivity index (χ0n) is 9.25. The topological polar surface area (TPSA) is 55.1 Å². The van der Waals surface area contributed by atoms with E-state index in [0.29, 0.717) is 0 Å². The molecule has 0 radical (unpaired) electrons. The van der Waals surface area contributed by atoms with Crippen LogP contribution in [0.3, 0.4) is 0 Å². The van der Waals surface area contributed by atoms with Gasteiger partial charge in [-0.1, -0.05) is 17.7 Å². The van der Waals surface area contributed by atoms with Gasteiger partial charge in [0.05, 0.1) is 10.6 Å². The highest BCUT2D eigenvalue weighted by Gasteiger charge is 2.27. The van der Waals surface area contributed by atoms with Gasteiger partial charge in [-0.3, -0.25) is 4.79 Å². The van der Waals surface area contributed by atoms with Crippen LogP contribution in [0.1, 0.15) is 29.6 Å². The number of nitrogens with two attached hydrogens (primary N) is 1. The van der Waals surface area contributed by atoms with E-state index in [1.807, 2.05) is 0 Å². The molecule has 0 bridgehead atoms. The maximum absolute atomic E-state index is 13.5. The van der Waals surface area contributed by atoms with Gasteiger partial charge in [-0.15, -0.1) is 0 Å². The Morgan fingerprint density at radius 2 is 2.24 bits per heavy atom. The van der Waals surface area contributed by atoms with E-state index in [0.717, 1.165) is 19.3 Å². The van der Waals surface area contributed by atoms with Crippen LogP contribution in [0.15, 0.2) is 18.2 Å². The first-order valence-corrected chi connectivity index (χ1v) is 5.98. The van der Waals surface area contributed by atoms with Crippen molar-refractivity contribution >= 4 is 17.5 Å². The Balaban J connectivity index is 2.14. The molecule has 5 heteroatoms. The fourth-order valence-electron chi connectivity index (χ4n) is 2.12. The molecule has 2 rings (SSSR count). The van der Waals surface area contributed by atoms with Gasteiger partial charge in [-0.05, 0) is 31.4 Å². The lowest BCUT2D eigenvalue weighted by molar-refractivity contribution is 0.0930. The predicted molar refractivity (Wildman–Crippen MR) is 64.5 cm³/mol. The van der Waals surface area contributed by atoms with E-state index >= 15 is 0 Å². The first kappa shape index (κ1) is 12.3. The number of benzene rings is 1. The zero-order valence-corrected chi connectivity index (χ0v) is 10.0. The molecule has 0 spiro atoms. The molecule has 3 N–H and O–H groups in total. The summed E-state index contributed by atoms with van der Waals surface area (Å²) in [6.07, 6.45) is 2.70. The number of hydrogen-bond donors (Lipinski definition) is 2. The number of carbonyl (C=O) groups is 1. The van der Waals surface area contributed by atoms with Crippen LogP contribution in [0.4, 0.5) is 4.39 Å². The summed E-state index contributed by atoms with van der Waals surface area (Å²) < 4.78 is 13.5. The summed E-state index contributed by atoms with van der Waals surface area (Å²) in [5.74, 6) is -1.10. The Hall–Kier alpha value is -1.13. The minimum absolute atomic E-state index is 0.0514. The van der Waals surface area contributed by atoms with Crippen molar-refractivity contribution in [3.05, 3.63) is 34.6 Å². The van der Waals surface area contributed by atoms with Crippen LogP contribution in [-0.4, -0.2) is 18.0 Å². The lowest BCUT2D eigenvalue weighted by Gasteiger charge is -2.17. The normalized spacial score (nSPS) is 23.7. The Kier molecular flexibility index (Phi) is 3.64. The Bertz CT molecular complexity index is 418. The van der Waals surface area contributed by atoms with Crippen LogP contribution < -0.4 is 11.1 Å². The molecule has 3 nitrogen and oxygen atoms in total. The van der Waals surface area contributed by atoms with Crippen molar-refractivity contribution in [1.29, 1.82) is 0 Å². The molecule has 1 fully saturated rings. The molecule has 0 aliphatic heterocycles. The van der Waals surface area contributed by atoms with Gasteiger partial charge in [-0.25, -0.2) is 4.39 Å². The number of carbonyl (C=O) groups excluding carboxylic acids is 1. The second kappa shape index (κ2) is 5.02. The summed E-state index contributed by atoms with van der Waals surface area (Å²) in [7, 11) is 0. The molecule has 1 amide bonds. The van der Waals surface area contributed by atoms with Crippen molar-refractivity contribution in [3.63, 3.8) is 0 Å². The van der Waals surface area contributed by atoms with Crippen molar-refractivity contribution in [2.75, 3.05) is 0 Å². The van der Waals surface area contributed by atoms with Crippen molar-refractivity contribution in [2.24, 2.45) is 5.73 Å². The summed E-state index contributed by atoms with van der Waals surface area (Å²) in [4.78, 5) is 11.9. The predicted octanol–water partition coefficient (Wildman–Crippen LogP) is 2.09. The van der Waals surface area contributed by atoms with Crippen molar-refractivity contribution < 1.29 is 9.18 Å². The molecule has 1 aliphatic carbocycles. The smallest absolute Gasteiger partial charge is 0.256 e. The molecule has 17 heavy (non-hydrogen) atoms. The average molecular weight is 257 g/mol. The third-order valence-electron chi connectivity index (χ3n) is 3.08. The average Bonchev–Trinajstić information content (AvgIpc) is 2.64. The Morgan fingerprint density at radius 1 is 1.47 bits per heavy atom. The highest BCUT2D eigenvalue weighted by atomic mass is 35.5. The van der Waals surface area contributed by atoms with Gasteiger partial charge in [0.15, 0.2) is 0 Å². The molecule has 1 aromatic rings. The standard InChI is InChI=1S/C12H14ClFN2O/c13-7-3-1-4-8(14)11(7)12(17)16-10-6-2-5-9(10)15/h1,3-4,9-10H,2,5-6,15H2,(H,16,17). The zero-order chi connectivity index (χ0) is 12.4. The van der Waals surface area contributed by atoms with E-state index in [1.165, 1.54) is 18.2 Å². The van der Waals surface area contributed by atoms with Crippen molar-refractivity contribution in [2.45, 2.75) is 31.3 Å². The van der Waals surface area contributed by atoms with Gasteiger partial charge in [0, 0.05) is 12.1 Å². The van der Waals surface area contributed by atoms with E-state index < -0.39 is 11.7 Å². The third-order valence-corrected chi connectivity index (χ3v) is 3.39. The minimum Gasteiger partial charge on any atom is -0.348 e. The highest BCUT2D eigenvalue weighted by Crippen LogP contribution is 2.21. The van der Waals surface area contributed by atoms with E-state index in [1.54, 1.807) is 0 Å². The van der Waals surface area contributed by atoms with Gasteiger partial charge in [-0.2, -0.15) is 0 Å². The molecule has 2 unspecified atom stereocenters. The quantitative estimate of drug-likeness (QED) is 0.851. The largest absolute Gasteiger partial charge is 0.348 e. The van der Waals surface area contributed by atoms with Gasteiger partial charge in [0.25, 0.3) is 5.91 Å². The summed E-state index contributed by atoms with van der Waals surface area (Å²) in [5, 5.41) is 2.86. The van der Waals surface area contributed by atoms with Gasteiger partial charge in [0.1, 0.15) is 5.82 Å². The molecular weight excluding hydrogens is 243 g/mol. The van der Waals surface area contributed by atoms with Crippen LogP contribution in [0, 0.1) is 5.82 Å². The Labute approximate surface area is 104 Å². The molecule has 1 aliphatic rings. The van der Waals surface area contributed by atoms with Gasteiger partial charge < -0.3 is 11.1 Å². The van der Waals surface area contributed by atoms with Gasteiger partial charge in [0.2, 0.25) is 0 Å². The molecule has 2 atom stereocenters. The molecule has 0 heterocycles. The van der Waals surface area contributed by atoms with E-state index in [-0.39, 0.29) is 22.7 Å². The first-order chi connectivity index (χ1) is 8.09. The number of rotatable bonds is 2. The van der Waals surface area contributed by atoms with Crippen molar-refractivity contribution in [3.8, 4) is 0 Å². The number of halogens is 2. The second-order valence-electron chi connectivity index (χ2n) is 4.27. The van der Waals surface area contributed by atoms with Gasteiger partial charge >= 0.3 is 0 Å². The fraction of sp³-hybridized carbons (Fsp3) is 0.417. The molecule has 1 aromatic carbocycles. The SMILES string of the molecule is NC1CCCC1NC(=O)c1c(F)cccc1Cl. The van der Waals surface area contributed by atoms with Crippen LogP contribution in [0.25, 0.3) is 0 Å². The third kappa shape index (κ3) is 2.58. The van der Waals surface area contributed by atoms with E-state index in [9.17, 15) is 9.18 Å². The minimum atomic E-state index is -0.610. The van der Waals surface area contributed by atoms with Crippen molar-refractivity contribution in [1.82, 2.24) is 5.32 Å². The lowest BCUT2D eigenvalue weighted by Crippen LogP contribution is -2.44. The number of hydrogen-bond acceptors (Lipinski definition) is 2. The molecule has 0 saturated heterocycles. The van der Waals surface area contributed by atoms with Crippen LogP contribution in [-0.2, 0) is 0 Å². The highest BCUT2D eigenvalue weighted by molar-refractivity contribution is 6.33. The molecule has 1 saturated carbocycles. The van der Waals surface area contributed by atoms with Crippen LogP contribution in [0.2, 0.25) is 5.02 Å². The maximum Gasteiger partial charge on any atom is 0.256 e. The monoisotopic (exact) mass is 256 g/mol. The summed E-state index contributed by atoms with van der Waals surface area (Å²) in [6.45, 7) is 0. The summed E-state index contributed by atoms with van der Waals surface area (Å²) in [5.41, 5.74) is 5.74.